The molecule has 6 rings (SSSR count). The molecule has 4 heterocycles. The van der Waals surface area contributed by atoms with Crippen molar-refractivity contribution in [2.45, 2.75) is 62.9 Å². The molecule has 0 bridgehead atoms. The van der Waals surface area contributed by atoms with E-state index < -0.39 is 0 Å². The standard InChI is InChI=1S/C25H30N4O3/c30-23(14-19-16-26-21-4-2-1-3-20(19)21)29-10-8-25(9-11-29)15-17(7-12-31-25)13-22-27-24(32-28-22)18-5-6-18/h1-4,16-18,26H,5-15H2. The SMILES string of the molecule is O=C(Cc1c[nH]c2ccccc12)N1CCC2(CC1)CC(Cc1noc(C3CC3)n1)CCO2. The third-order valence-corrected chi connectivity index (χ3v) is 7.52. The van der Waals surface area contributed by atoms with Crippen LogP contribution in [0.2, 0.25) is 0 Å². The van der Waals surface area contributed by atoms with Gasteiger partial charge in [-0.3, -0.25) is 4.79 Å². The number of rotatable bonds is 5. The van der Waals surface area contributed by atoms with Crippen molar-refractivity contribution in [2.75, 3.05) is 19.7 Å². The maximum atomic E-state index is 13.0. The second-order valence-electron chi connectivity index (χ2n) is 9.83. The van der Waals surface area contributed by atoms with Crippen LogP contribution in [0.4, 0.5) is 0 Å². The second-order valence-corrected chi connectivity index (χ2v) is 9.83. The average molecular weight is 435 g/mol. The number of carbonyl (C=O) groups excluding carboxylic acids is 1. The van der Waals surface area contributed by atoms with Crippen molar-refractivity contribution >= 4 is 16.8 Å². The Morgan fingerprint density at radius 3 is 2.88 bits per heavy atom. The minimum absolute atomic E-state index is 0.108. The van der Waals surface area contributed by atoms with Crippen LogP contribution in [0, 0.1) is 5.92 Å². The van der Waals surface area contributed by atoms with Gasteiger partial charge in [0.1, 0.15) is 0 Å². The van der Waals surface area contributed by atoms with Crippen LogP contribution in [0.3, 0.4) is 0 Å². The van der Waals surface area contributed by atoms with Crippen LogP contribution in [0.15, 0.2) is 35.0 Å². The number of hydrogen-bond donors (Lipinski definition) is 1. The molecule has 1 spiro atoms. The first kappa shape index (κ1) is 20.0. The van der Waals surface area contributed by atoms with Crippen LogP contribution >= 0.6 is 0 Å². The molecule has 1 amide bonds. The fourth-order valence-electron chi connectivity index (χ4n) is 5.47. The molecule has 1 atom stereocenters. The molecule has 1 N–H and O–H groups in total. The quantitative estimate of drug-likeness (QED) is 0.656. The van der Waals surface area contributed by atoms with Crippen LogP contribution in [0.5, 0.6) is 0 Å². The smallest absolute Gasteiger partial charge is 0.229 e. The molecule has 3 aliphatic rings. The number of piperidine rings is 1. The number of fused-ring (bicyclic) bond motifs is 1. The largest absolute Gasteiger partial charge is 0.375 e. The Hall–Kier alpha value is -2.67. The van der Waals surface area contributed by atoms with Gasteiger partial charge in [0.15, 0.2) is 5.82 Å². The maximum Gasteiger partial charge on any atom is 0.229 e. The van der Waals surface area contributed by atoms with E-state index in [0.29, 0.717) is 18.3 Å². The van der Waals surface area contributed by atoms with Gasteiger partial charge in [-0.05, 0) is 56.1 Å². The Labute approximate surface area is 187 Å². The zero-order valence-corrected chi connectivity index (χ0v) is 18.4. The molecule has 1 aromatic carbocycles. The molecule has 3 aromatic rings. The van der Waals surface area contributed by atoms with Crippen LogP contribution in [-0.2, 0) is 22.4 Å². The topological polar surface area (TPSA) is 84.3 Å². The number of nitrogens with zero attached hydrogens (tertiary/aromatic N) is 3. The summed E-state index contributed by atoms with van der Waals surface area (Å²) < 4.78 is 11.8. The Bertz CT molecular complexity index is 1110. The number of aromatic amines is 1. The summed E-state index contributed by atoms with van der Waals surface area (Å²) in [6.45, 7) is 2.31. The van der Waals surface area contributed by atoms with E-state index in [1.807, 2.05) is 29.3 Å². The van der Waals surface area contributed by atoms with E-state index in [2.05, 4.69) is 21.2 Å². The Balaban J connectivity index is 1.05. The fraction of sp³-hybridized carbons (Fsp3) is 0.560. The summed E-state index contributed by atoms with van der Waals surface area (Å²) in [6.07, 6.45) is 9.51. The lowest BCUT2D eigenvalue weighted by atomic mass is 9.78. The highest BCUT2D eigenvalue weighted by Gasteiger charge is 2.41. The lowest BCUT2D eigenvalue weighted by molar-refractivity contribution is -0.146. The van der Waals surface area contributed by atoms with Gasteiger partial charge in [-0.1, -0.05) is 23.4 Å². The lowest BCUT2D eigenvalue weighted by Crippen LogP contribution is -2.51. The Kier molecular flexibility index (Phi) is 5.01. The molecule has 3 fully saturated rings. The number of ether oxygens (including phenoxy) is 1. The lowest BCUT2D eigenvalue weighted by Gasteiger charge is -2.46. The first-order chi connectivity index (χ1) is 15.7. The summed E-state index contributed by atoms with van der Waals surface area (Å²) in [5.41, 5.74) is 2.05. The molecule has 2 saturated heterocycles. The molecule has 0 radical (unpaired) electrons. The number of para-hydroxylation sites is 1. The fourth-order valence-corrected chi connectivity index (χ4v) is 5.47. The third kappa shape index (κ3) is 3.94. The summed E-state index contributed by atoms with van der Waals surface area (Å²) in [6, 6.07) is 8.16. The molecule has 1 aliphatic carbocycles. The van der Waals surface area contributed by atoms with Crippen molar-refractivity contribution < 1.29 is 14.1 Å². The zero-order chi connectivity index (χ0) is 21.5. The maximum absolute atomic E-state index is 13.0. The Morgan fingerprint density at radius 1 is 1.19 bits per heavy atom. The zero-order valence-electron chi connectivity index (χ0n) is 18.4. The molecular formula is C25H30N4O3. The molecule has 32 heavy (non-hydrogen) atoms. The summed E-state index contributed by atoms with van der Waals surface area (Å²) >= 11 is 0. The second kappa shape index (κ2) is 8.03. The molecule has 2 aliphatic heterocycles. The minimum atomic E-state index is -0.108. The number of nitrogens with one attached hydrogen (secondary N) is 1. The molecule has 1 unspecified atom stereocenters. The van der Waals surface area contributed by atoms with E-state index in [4.69, 9.17) is 9.26 Å². The van der Waals surface area contributed by atoms with Gasteiger partial charge in [0.2, 0.25) is 11.8 Å². The number of amides is 1. The first-order valence-corrected chi connectivity index (χ1v) is 12.0. The molecular weight excluding hydrogens is 404 g/mol. The van der Waals surface area contributed by atoms with Gasteiger partial charge < -0.3 is 19.1 Å². The van der Waals surface area contributed by atoms with E-state index in [-0.39, 0.29) is 11.5 Å². The van der Waals surface area contributed by atoms with Gasteiger partial charge in [0, 0.05) is 49.1 Å². The predicted molar refractivity (Wildman–Crippen MR) is 119 cm³/mol. The van der Waals surface area contributed by atoms with Crippen molar-refractivity contribution in [1.29, 1.82) is 0 Å². The van der Waals surface area contributed by atoms with Gasteiger partial charge >= 0.3 is 0 Å². The van der Waals surface area contributed by atoms with Crippen LogP contribution < -0.4 is 0 Å². The van der Waals surface area contributed by atoms with Crippen molar-refractivity contribution in [1.82, 2.24) is 20.0 Å². The Morgan fingerprint density at radius 2 is 2.03 bits per heavy atom. The van der Waals surface area contributed by atoms with E-state index in [0.717, 1.165) is 80.0 Å². The molecule has 7 heteroatoms. The van der Waals surface area contributed by atoms with E-state index in [9.17, 15) is 4.79 Å². The third-order valence-electron chi connectivity index (χ3n) is 7.52. The molecule has 1 saturated carbocycles. The number of hydrogen-bond acceptors (Lipinski definition) is 5. The van der Waals surface area contributed by atoms with Gasteiger partial charge in [0.05, 0.1) is 12.0 Å². The van der Waals surface area contributed by atoms with Crippen molar-refractivity contribution in [3.05, 3.63) is 47.7 Å². The van der Waals surface area contributed by atoms with E-state index >= 15 is 0 Å². The summed E-state index contributed by atoms with van der Waals surface area (Å²) in [7, 11) is 0. The number of likely N-dealkylation sites (tertiary alicyclic amines) is 1. The van der Waals surface area contributed by atoms with E-state index in [1.54, 1.807) is 0 Å². The molecule has 168 valence electrons. The molecule has 7 nitrogen and oxygen atoms in total. The van der Waals surface area contributed by atoms with Gasteiger partial charge in [-0.25, -0.2) is 0 Å². The summed E-state index contributed by atoms with van der Waals surface area (Å²) in [5, 5.41) is 5.35. The van der Waals surface area contributed by atoms with Gasteiger partial charge in [-0.15, -0.1) is 0 Å². The normalized spacial score (nSPS) is 23.1. The average Bonchev–Trinajstić information content (AvgIpc) is 3.43. The first-order valence-electron chi connectivity index (χ1n) is 12.0. The van der Waals surface area contributed by atoms with Crippen molar-refractivity contribution in [3.63, 3.8) is 0 Å². The van der Waals surface area contributed by atoms with Crippen LogP contribution in [0.1, 0.15) is 61.7 Å². The van der Waals surface area contributed by atoms with Gasteiger partial charge in [-0.2, -0.15) is 4.98 Å². The van der Waals surface area contributed by atoms with Crippen LogP contribution in [0.25, 0.3) is 10.9 Å². The highest BCUT2D eigenvalue weighted by molar-refractivity contribution is 5.88. The predicted octanol–water partition coefficient (Wildman–Crippen LogP) is 4.00. The highest BCUT2D eigenvalue weighted by Crippen LogP contribution is 2.40. The monoisotopic (exact) mass is 434 g/mol. The minimum Gasteiger partial charge on any atom is -0.375 e. The number of benzene rings is 1. The number of aromatic nitrogens is 3. The van der Waals surface area contributed by atoms with Crippen LogP contribution in [-0.4, -0.2) is 51.2 Å². The highest BCUT2D eigenvalue weighted by atomic mass is 16.5. The summed E-state index contributed by atoms with van der Waals surface area (Å²) in [5.74, 6) is 2.89. The van der Waals surface area contributed by atoms with Crippen molar-refractivity contribution in [2.24, 2.45) is 5.92 Å². The van der Waals surface area contributed by atoms with E-state index in [1.165, 1.54) is 12.8 Å². The summed E-state index contributed by atoms with van der Waals surface area (Å²) in [4.78, 5) is 22.9. The number of carbonyl (C=O) groups is 1. The van der Waals surface area contributed by atoms with Crippen molar-refractivity contribution in [3.8, 4) is 0 Å². The molecule has 2 aromatic heterocycles. The number of H-pyrrole nitrogens is 1. The van der Waals surface area contributed by atoms with Gasteiger partial charge in [0.25, 0.3) is 0 Å².